The zero-order valence-electron chi connectivity index (χ0n) is 14.6. The smallest absolute Gasteiger partial charge is 0.407 e. The third-order valence-electron chi connectivity index (χ3n) is 5.21. The van der Waals surface area contributed by atoms with Gasteiger partial charge in [0.1, 0.15) is 5.82 Å². The lowest BCUT2D eigenvalue weighted by atomic mass is 9.76. The fourth-order valence-corrected chi connectivity index (χ4v) is 4.18. The van der Waals surface area contributed by atoms with E-state index >= 15 is 0 Å². The number of halogens is 2. The summed E-state index contributed by atoms with van der Waals surface area (Å²) in [4.78, 5) is 13.5. The Morgan fingerprint density at radius 2 is 2.08 bits per heavy atom. The Kier molecular flexibility index (Phi) is 5.49. The van der Waals surface area contributed by atoms with Gasteiger partial charge in [0.15, 0.2) is 0 Å². The Morgan fingerprint density at radius 3 is 2.69 bits per heavy atom. The summed E-state index contributed by atoms with van der Waals surface area (Å²) in [6.07, 6.45) is -0.415. The van der Waals surface area contributed by atoms with Crippen LogP contribution in [0.15, 0.2) is 48.5 Å². The number of nitrogens with zero attached hydrogens (tertiary/aromatic N) is 1. The van der Waals surface area contributed by atoms with Crippen LogP contribution in [0.4, 0.5) is 9.18 Å². The van der Waals surface area contributed by atoms with Gasteiger partial charge in [-0.25, -0.2) is 9.18 Å². The largest absolute Gasteiger partial charge is 0.465 e. The van der Waals surface area contributed by atoms with Gasteiger partial charge in [0.25, 0.3) is 0 Å². The van der Waals surface area contributed by atoms with Crippen molar-refractivity contribution in [1.82, 2.24) is 10.2 Å². The Morgan fingerprint density at radius 1 is 1.35 bits per heavy atom. The Hall–Kier alpha value is -2.11. The molecule has 2 N–H and O–H groups in total. The first-order valence-corrected chi connectivity index (χ1v) is 9.06. The molecule has 1 amide bonds. The molecule has 0 aliphatic carbocycles. The van der Waals surface area contributed by atoms with Crippen LogP contribution < -0.4 is 5.32 Å². The summed E-state index contributed by atoms with van der Waals surface area (Å²) in [6.45, 7) is 3.28. The SMILES string of the molecule is CCN(C(=O)O)[C@]1(Cc2ccccc2)CNC[C@H]1c1ccc(Cl)c(F)c1. The lowest BCUT2D eigenvalue weighted by Crippen LogP contribution is -2.57. The summed E-state index contributed by atoms with van der Waals surface area (Å²) < 4.78 is 14.1. The van der Waals surface area contributed by atoms with Gasteiger partial charge >= 0.3 is 6.09 Å². The van der Waals surface area contributed by atoms with E-state index in [1.54, 1.807) is 6.07 Å². The van der Waals surface area contributed by atoms with Gasteiger partial charge in [-0.3, -0.25) is 0 Å². The average molecular weight is 377 g/mol. The number of hydrogen-bond donors (Lipinski definition) is 2. The molecule has 1 aliphatic heterocycles. The van der Waals surface area contributed by atoms with Gasteiger partial charge in [0.2, 0.25) is 0 Å². The van der Waals surface area contributed by atoms with E-state index in [9.17, 15) is 14.3 Å². The predicted molar refractivity (Wildman–Crippen MR) is 100 cm³/mol. The van der Waals surface area contributed by atoms with E-state index < -0.39 is 17.4 Å². The van der Waals surface area contributed by atoms with Crippen molar-refractivity contribution in [2.45, 2.75) is 24.8 Å². The molecule has 0 radical (unpaired) electrons. The van der Waals surface area contributed by atoms with Gasteiger partial charge in [0, 0.05) is 25.6 Å². The highest BCUT2D eigenvalue weighted by atomic mass is 35.5. The maximum atomic E-state index is 14.1. The van der Waals surface area contributed by atoms with Crippen molar-refractivity contribution >= 4 is 17.7 Å². The van der Waals surface area contributed by atoms with Crippen molar-refractivity contribution in [3.05, 3.63) is 70.5 Å². The molecule has 3 rings (SSSR count). The fourth-order valence-electron chi connectivity index (χ4n) is 4.06. The van der Waals surface area contributed by atoms with Gasteiger partial charge in [-0.2, -0.15) is 0 Å². The van der Waals surface area contributed by atoms with Crippen LogP contribution in [0.2, 0.25) is 5.02 Å². The molecule has 0 aromatic heterocycles. The molecule has 1 aliphatic rings. The molecule has 2 aromatic rings. The van der Waals surface area contributed by atoms with E-state index in [0.29, 0.717) is 26.1 Å². The average Bonchev–Trinajstić information content (AvgIpc) is 3.02. The van der Waals surface area contributed by atoms with Crippen LogP contribution in [-0.4, -0.2) is 41.3 Å². The molecule has 1 saturated heterocycles. The summed E-state index contributed by atoms with van der Waals surface area (Å²) in [5.41, 5.74) is 1.12. The summed E-state index contributed by atoms with van der Waals surface area (Å²) in [7, 11) is 0. The van der Waals surface area contributed by atoms with Gasteiger partial charge < -0.3 is 15.3 Å². The minimum atomic E-state index is -0.966. The van der Waals surface area contributed by atoms with Crippen molar-refractivity contribution in [3.8, 4) is 0 Å². The standard InChI is InChI=1S/C20H22ClFN2O2/c1-2-24(19(25)26)20(11-14-6-4-3-5-7-14)13-23-12-16(20)15-8-9-17(21)18(22)10-15/h3-10,16,23H,2,11-13H2,1H3,(H,25,26)/t16-,20+/m0/s1. The summed E-state index contributed by atoms with van der Waals surface area (Å²) >= 11 is 5.83. The molecule has 0 spiro atoms. The maximum absolute atomic E-state index is 14.1. The van der Waals surface area contributed by atoms with Crippen molar-refractivity contribution < 1.29 is 14.3 Å². The van der Waals surface area contributed by atoms with Gasteiger partial charge in [0.05, 0.1) is 10.6 Å². The van der Waals surface area contributed by atoms with E-state index in [2.05, 4.69) is 5.32 Å². The van der Waals surface area contributed by atoms with Crippen molar-refractivity contribution in [2.75, 3.05) is 19.6 Å². The second-order valence-electron chi connectivity index (χ2n) is 6.65. The van der Waals surface area contributed by atoms with Crippen LogP contribution in [0.25, 0.3) is 0 Å². The van der Waals surface area contributed by atoms with E-state index in [1.807, 2.05) is 37.3 Å². The van der Waals surface area contributed by atoms with E-state index in [4.69, 9.17) is 11.6 Å². The molecule has 0 bridgehead atoms. The van der Waals surface area contributed by atoms with Crippen LogP contribution in [0, 0.1) is 5.82 Å². The summed E-state index contributed by atoms with van der Waals surface area (Å²) in [6, 6.07) is 14.6. The highest BCUT2D eigenvalue weighted by Crippen LogP contribution is 2.40. The minimum Gasteiger partial charge on any atom is -0.465 e. The number of benzene rings is 2. The topological polar surface area (TPSA) is 52.6 Å². The van der Waals surface area contributed by atoms with Crippen LogP contribution in [0.3, 0.4) is 0 Å². The normalized spacial score (nSPS) is 22.3. The molecule has 0 saturated carbocycles. The monoisotopic (exact) mass is 376 g/mol. The second-order valence-corrected chi connectivity index (χ2v) is 7.06. The summed E-state index contributed by atoms with van der Waals surface area (Å²) in [5, 5.41) is 13.2. The first-order valence-electron chi connectivity index (χ1n) is 8.68. The number of carbonyl (C=O) groups is 1. The summed E-state index contributed by atoms with van der Waals surface area (Å²) in [5.74, 6) is -0.659. The van der Waals surface area contributed by atoms with Crippen LogP contribution in [0.1, 0.15) is 24.0 Å². The van der Waals surface area contributed by atoms with Gasteiger partial charge in [-0.15, -0.1) is 0 Å². The predicted octanol–water partition coefficient (Wildman–Crippen LogP) is 4.15. The number of amides is 1. The lowest BCUT2D eigenvalue weighted by molar-refractivity contribution is 0.0782. The Balaban J connectivity index is 2.08. The zero-order chi connectivity index (χ0) is 18.7. The van der Waals surface area contributed by atoms with E-state index in [1.165, 1.54) is 17.0 Å². The Bertz CT molecular complexity index is 787. The van der Waals surface area contributed by atoms with Crippen molar-refractivity contribution in [3.63, 3.8) is 0 Å². The number of carboxylic acid groups (broad SMARTS) is 1. The molecular formula is C20H22ClFN2O2. The highest BCUT2D eigenvalue weighted by molar-refractivity contribution is 6.30. The molecule has 138 valence electrons. The van der Waals surface area contributed by atoms with Crippen LogP contribution in [0.5, 0.6) is 0 Å². The van der Waals surface area contributed by atoms with E-state index in [-0.39, 0.29) is 10.9 Å². The molecule has 4 nitrogen and oxygen atoms in total. The number of hydrogen-bond acceptors (Lipinski definition) is 2. The van der Waals surface area contributed by atoms with Crippen LogP contribution in [-0.2, 0) is 6.42 Å². The molecule has 26 heavy (non-hydrogen) atoms. The molecule has 2 aromatic carbocycles. The minimum absolute atomic E-state index is 0.0685. The van der Waals surface area contributed by atoms with Gasteiger partial charge in [-0.1, -0.05) is 48.0 Å². The molecule has 1 heterocycles. The van der Waals surface area contributed by atoms with Gasteiger partial charge in [-0.05, 0) is 36.6 Å². The number of rotatable bonds is 5. The molecule has 6 heteroatoms. The molecule has 1 fully saturated rings. The fraction of sp³-hybridized carbons (Fsp3) is 0.350. The maximum Gasteiger partial charge on any atom is 0.407 e. The Labute approximate surface area is 157 Å². The van der Waals surface area contributed by atoms with E-state index in [0.717, 1.165) is 11.1 Å². The molecular weight excluding hydrogens is 355 g/mol. The lowest BCUT2D eigenvalue weighted by Gasteiger charge is -2.43. The van der Waals surface area contributed by atoms with Crippen LogP contribution >= 0.6 is 11.6 Å². The third kappa shape index (κ3) is 3.41. The number of likely N-dealkylation sites (N-methyl/N-ethyl adjacent to an activating group) is 1. The molecule has 2 atom stereocenters. The third-order valence-corrected chi connectivity index (χ3v) is 5.52. The first-order chi connectivity index (χ1) is 12.5. The zero-order valence-corrected chi connectivity index (χ0v) is 15.3. The first kappa shape index (κ1) is 18.7. The van der Waals surface area contributed by atoms with Crippen molar-refractivity contribution in [2.24, 2.45) is 0 Å². The number of nitrogens with one attached hydrogen (secondary N) is 1. The quantitative estimate of drug-likeness (QED) is 0.824. The molecule has 0 unspecified atom stereocenters. The van der Waals surface area contributed by atoms with Crippen molar-refractivity contribution in [1.29, 1.82) is 0 Å². The highest BCUT2D eigenvalue weighted by Gasteiger charge is 2.49. The second kappa shape index (κ2) is 7.64.